The van der Waals surface area contributed by atoms with Crippen LogP contribution in [0.3, 0.4) is 0 Å². The van der Waals surface area contributed by atoms with Crippen LogP contribution in [0.1, 0.15) is 6.92 Å². The summed E-state index contributed by atoms with van der Waals surface area (Å²) in [5.74, 6) is 0. The van der Waals surface area contributed by atoms with Crippen molar-refractivity contribution in [3.05, 3.63) is 0 Å². The summed E-state index contributed by atoms with van der Waals surface area (Å²) in [7, 11) is 0. The zero-order valence-corrected chi connectivity index (χ0v) is 7.31. The van der Waals surface area contributed by atoms with E-state index in [0.717, 1.165) is 0 Å². The minimum atomic E-state index is 0. The van der Waals surface area contributed by atoms with Crippen LogP contribution in [-0.4, -0.2) is 119 Å². The summed E-state index contributed by atoms with van der Waals surface area (Å²) < 4.78 is 9.40. The van der Waals surface area contributed by atoms with Gasteiger partial charge in [-0.3, -0.25) is 0 Å². The van der Waals surface area contributed by atoms with Crippen molar-refractivity contribution in [2.75, 3.05) is 6.61 Å². The van der Waals surface area contributed by atoms with Gasteiger partial charge < -0.3 is 9.47 Å². The Balaban J connectivity index is -0.000000320. The summed E-state index contributed by atoms with van der Waals surface area (Å²) in [6, 6.07) is 0. The third-order valence-electron chi connectivity index (χ3n) is 0.433. The van der Waals surface area contributed by atoms with Gasteiger partial charge >= 0.3 is 108 Å². The fourth-order valence-electron chi connectivity index (χ4n) is 0.219. The minimum absolute atomic E-state index is 0. The second kappa shape index (κ2) is 13.4. The number of rotatable bonds is 1. The monoisotopic (exact) mass is 262 g/mol. The van der Waals surface area contributed by atoms with E-state index in [0.29, 0.717) is 6.61 Å². The Kier molecular flexibility index (Phi) is 24.2. The quantitative estimate of drug-likeness (QED) is 0.414. The van der Waals surface area contributed by atoms with Crippen molar-refractivity contribution >= 4 is 149 Å². The van der Waals surface area contributed by atoms with Gasteiger partial charge in [-0.05, 0) is 19.1 Å². The summed E-state index contributed by atoms with van der Waals surface area (Å²) >= 11 is 12.7. The molecule has 0 aromatic rings. The summed E-state index contributed by atoms with van der Waals surface area (Å²) in [6.45, 7) is 2.28. The molecule has 0 heterocycles. The molecule has 0 rings (SSSR count). The Labute approximate surface area is 168 Å². The molecule has 0 aromatic heterocycles. The van der Waals surface area contributed by atoms with E-state index < -0.39 is 0 Å². The van der Waals surface area contributed by atoms with E-state index >= 15 is 0 Å². The van der Waals surface area contributed by atoms with Crippen LogP contribution >= 0.6 is 37.1 Å². The number of thiol groups is 1. The van der Waals surface area contributed by atoms with Crippen molar-refractivity contribution in [2.24, 2.45) is 0 Å². The third kappa shape index (κ3) is 16.1. The molecule has 0 aliphatic heterocycles. The zero-order valence-electron chi connectivity index (χ0n) is 4.79. The van der Waals surface area contributed by atoms with Crippen LogP contribution in [0.2, 0.25) is 0 Å². The topological polar surface area (TPSA) is 18.5 Å². The molecule has 0 saturated heterocycles. The van der Waals surface area contributed by atoms with E-state index in [9.17, 15) is 0 Å². The van der Waals surface area contributed by atoms with Crippen LogP contribution in [-0.2, 0) is 9.47 Å². The van der Waals surface area contributed by atoms with Crippen LogP contribution in [0, 0.1) is 0 Å². The van der Waals surface area contributed by atoms with Gasteiger partial charge in [0.25, 0.3) is 0 Å². The van der Waals surface area contributed by atoms with Gasteiger partial charge in [-0.1, -0.05) is 12.6 Å². The molecule has 0 aromatic carbocycles. The average molecular weight is 263 g/mol. The first-order valence-corrected chi connectivity index (χ1v) is 3.50. The fourth-order valence-corrected chi connectivity index (χ4v) is 0.693. The molecule has 0 saturated carbocycles. The molecule has 2 nitrogen and oxygen atoms in total. The van der Waals surface area contributed by atoms with E-state index in [1.165, 1.54) is 0 Å². The van der Waals surface area contributed by atoms with Crippen molar-refractivity contribution in [1.29, 1.82) is 0 Å². The molecule has 0 unspecified atom stereocenters. The predicted octanol–water partition coefficient (Wildman–Crippen LogP) is 0.242. The molecule has 0 aliphatic rings. The molecule has 0 atom stereocenters. The SMILES string of the molecule is CCOC(=S)OC(=S)S.[KH].[KH]. The summed E-state index contributed by atoms with van der Waals surface area (Å²) in [5.41, 5.74) is 0. The standard InChI is InChI=1S/C4H6O2S3.2K.2H/c1-2-5-3(7)6-4(8)9;;;;/h2H2,1H3,(H,8,9);;;;. The van der Waals surface area contributed by atoms with Crippen LogP contribution in [0.5, 0.6) is 0 Å². The average Bonchev–Trinajstić information content (AvgIpc) is 1.63. The normalized spacial score (nSPS) is 6.73. The summed E-state index contributed by atoms with van der Waals surface area (Å²) in [4.78, 5) is 0. The molecule has 0 N–H and O–H groups in total. The maximum atomic E-state index is 4.73. The van der Waals surface area contributed by atoms with Crippen LogP contribution < -0.4 is 0 Å². The summed E-state index contributed by atoms with van der Waals surface area (Å²) in [5, 5.41) is 0.0255. The first-order chi connectivity index (χ1) is 4.16. The molecule has 11 heavy (non-hydrogen) atoms. The molecule has 0 amide bonds. The molecule has 0 bridgehead atoms. The molecular formula is C4H8K2O2S3. The van der Waals surface area contributed by atoms with Crippen LogP contribution in [0.4, 0.5) is 0 Å². The molecular weight excluding hydrogens is 254 g/mol. The molecule has 56 valence electrons. The fraction of sp³-hybridized carbons (Fsp3) is 0.500. The van der Waals surface area contributed by atoms with E-state index in [2.05, 4.69) is 41.8 Å². The predicted molar refractivity (Wildman–Crippen MR) is 61.2 cm³/mol. The van der Waals surface area contributed by atoms with Gasteiger partial charge in [0.1, 0.15) is 0 Å². The first kappa shape index (κ1) is 19.9. The Morgan fingerprint density at radius 3 is 2.09 bits per heavy atom. The Hall–Kier alpha value is 3.40. The van der Waals surface area contributed by atoms with E-state index in [1.54, 1.807) is 6.92 Å². The number of thiocarbonyl (C=S) groups is 2. The Morgan fingerprint density at radius 1 is 1.36 bits per heavy atom. The van der Waals surface area contributed by atoms with Gasteiger partial charge in [0.15, 0.2) is 0 Å². The Morgan fingerprint density at radius 2 is 1.82 bits per heavy atom. The van der Waals surface area contributed by atoms with Gasteiger partial charge in [0.05, 0.1) is 6.61 Å². The molecule has 0 spiro atoms. The van der Waals surface area contributed by atoms with Crippen molar-refractivity contribution in [3.63, 3.8) is 0 Å². The molecule has 0 aliphatic carbocycles. The van der Waals surface area contributed by atoms with Crippen molar-refractivity contribution in [2.45, 2.75) is 6.92 Å². The van der Waals surface area contributed by atoms with Crippen molar-refractivity contribution in [1.82, 2.24) is 0 Å². The Bertz CT molecular complexity index is 131. The second-order valence-corrected chi connectivity index (χ2v) is 2.46. The number of hydrogen-bond donors (Lipinski definition) is 1. The van der Waals surface area contributed by atoms with Gasteiger partial charge in [-0.15, -0.1) is 0 Å². The zero-order chi connectivity index (χ0) is 7.28. The van der Waals surface area contributed by atoms with E-state index in [-0.39, 0.29) is 112 Å². The van der Waals surface area contributed by atoms with Crippen molar-refractivity contribution < 1.29 is 9.47 Å². The molecule has 7 heteroatoms. The van der Waals surface area contributed by atoms with Crippen LogP contribution in [0.25, 0.3) is 0 Å². The van der Waals surface area contributed by atoms with Gasteiger partial charge in [-0.25, -0.2) is 0 Å². The van der Waals surface area contributed by atoms with Gasteiger partial charge in [-0.2, -0.15) is 0 Å². The molecule has 0 fully saturated rings. The number of hydrogen-bond acceptors (Lipinski definition) is 4. The van der Waals surface area contributed by atoms with E-state index in [4.69, 9.17) is 4.74 Å². The third-order valence-corrected chi connectivity index (χ3v) is 0.809. The van der Waals surface area contributed by atoms with Gasteiger partial charge in [0, 0.05) is 12.2 Å². The number of ether oxygens (including phenoxy) is 2. The summed E-state index contributed by atoms with van der Waals surface area (Å²) in [6.07, 6.45) is 0. The first-order valence-electron chi connectivity index (χ1n) is 2.24. The molecule has 0 radical (unpaired) electrons. The second-order valence-electron chi connectivity index (χ2n) is 1.05. The van der Waals surface area contributed by atoms with Gasteiger partial charge in [0.2, 0.25) is 4.38 Å². The van der Waals surface area contributed by atoms with E-state index in [1.807, 2.05) is 0 Å². The maximum absolute atomic E-state index is 4.73. The van der Waals surface area contributed by atoms with Crippen molar-refractivity contribution in [3.8, 4) is 0 Å². The van der Waals surface area contributed by atoms with Crippen LogP contribution in [0.15, 0.2) is 0 Å².